The number of hydrogen-bond donors (Lipinski definition) is 3. The van der Waals surface area contributed by atoms with Gasteiger partial charge in [0.05, 0.1) is 6.10 Å². The summed E-state index contributed by atoms with van der Waals surface area (Å²) in [5.41, 5.74) is 2.28. The zero-order valence-electron chi connectivity index (χ0n) is 20.0. The Kier molecular flexibility index (Phi) is 5.99. The maximum atomic E-state index is 10.3. The number of aliphatic hydroxyl groups is 3. The third-order valence-corrected chi connectivity index (χ3v) is 10.7. The predicted octanol–water partition coefficient (Wildman–Crippen LogP) is 5.68. The Labute approximate surface area is 184 Å². The van der Waals surface area contributed by atoms with E-state index in [1.807, 2.05) is 13.8 Å². The summed E-state index contributed by atoms with van der Waals surface area (Å²) in [4.78, 5) is 0. The van der Waals surface area contributed by atoms with Gasteiger partial charge in [0.1, 0.15) is 0 Å². The van der Waals surface area contributed by atoms with E-state index < -0.39 is 5.79 Å². The number of allylic oxidation sites excluding steroid dienone is 1. The monoisotopic (exact) mass is 418 g/mol. The van der Waals surface area contributed by atoms with Gasteiger partial charge in [-0.1, -0.05) is 46.3 Å². The highest BCUT2D eigenvalue weighted by atomic mass is 16.5. The fraction of sp³-hybridized carbons (Fsp3) is 0.926. The van der Waals surface area contributed by atoms with E-state index in [0.29, 0.717) is 29.1 Å². The fourth-order valence-corrected chi connectivity index (χ4v) is 8.55. The smallest absolute Gasteiger partial charge is 0.164 e. The molecule has 0 spiro atoms. The maximum Gasteiger partial charge on any atom is 0.164 e. The highest BCUT2D eigenvalue weighted by Gasteiger charge is 2.59. The Morgan fingerprint density at radius 2 is 1.77 bits per heavy atom. The summed E-state index contributed by atoms with van der Waals surface area (Å²) in [6, 6.07) is 0. The second kappa shape index (κ2) is 7.89. The van der Waals surface area contributed by atoms with Gasteiger partial charge in [-0.15, -0.1) is 0 Å². The molecule has 3 N–H and O–H groups in total. The average molecular weight is 419 g/mol. The first-order valence-corrected chi connectivity index (χ1v) is 12.8. The lowest BCUT2D eigenvalue weighted by molar-refractivity contribution is -0.199. The van der Waals surface area contributed by atoms with Crippen molar-refractivity contribution in [3.63, 3.8) is 0 Å². The van der Waals surface area contributed by atoms with Crippen LogP contribution in [-0.2, 0) is 0 Å². The summed E-state index contributed by atoms with van der Waals surface area (Å²) in [5, 5.41) is 30.9. The average Bonchev–Trinajstić information content (AvgIpc) is 3.04. The van der Waals surface area contributed by atoms with Crippen molar-refractivity contribution in [2.45, 2.75) is 111 Å². The zero-order valence-corrected chi connectivity index (χ0v) is 20.0. The summed E-state index contributed by atoms with van der Waals surface area (Å²) in [7, 11) is 0. The van der Waals surface area contributed by atoms with Crippen molar-refractivity contribution >= 4 is 0 Å². The number of aliphatic hydroxyl groups excluding tert-OH is 1. The third-order valence-electron chi connectivity index (χ3n) is 10.7. The van der Waals surface area contributed by atoms with Crippen LogP contribution in [0.1, 0.15) is 98.8 Å². The van der Waals surface area contributed by atoms with Crippen molar-refractivity contribution in [3.8, 4) is 0 Å². The van der Waals surface area contributed by atoms with Crippen molar-refractivity contribution in [1.82, 2.24) is 0 Å². The normalized spacial score (nSPS) is 44.8. The van der Waals surface area contributed by atoms with Gasteiger partial charge in [-0.3, -0.25) is 0 Å². The summed E-state index contributed by atoms with van der Waals surface area (Å²) in [5.74, 6) is 2.00. The lowest BCUT2D eigenvalue weighted by Gasteiger charge is -2.58. The molecular weight excluding hydrogens is 372 g/mol. The van der Waals surface area contributed by atoms with Crippen molar-refractivity contribution in [1.29, 1.82) is 0 Å². The van der Waals surface area contributed by atoms with Gasteiger partial charge in [0.2, 0.25) is 0 Å². The van der Waals surface area contributed by atoms with Crippen LogP contribution in [0.2, 0.25) is 0 Å². The zero-order chi connectivity index (χ0) is 21.9. The molecule has 3 fully saturated rings. The van der Waals surface area contributed by atoms with Crippen LogP contribution in [0.25, 0.3) is 0 Å². The second-order valence-corrected chi connectivity index (χ2v) is 12.4. The molecule has 0 aromatic rings. The van der Waals surface area contributed by atoms with E-state index in [0.717, 1.165) is 43.4 Å². The van der Waals surface area contributed by atoms with Gasteiger partial charge >= 0.3 is 0 Å². The van der Waals surface area contributed by atoms with Crippen molar-refractivity contribution in [2.75, 3.05) is 0 Å². The second-order valence-electron chi connectivity index (χ2n) is 12.4. The number of hydrogen-bond acceptors (Lipinski definition) is 3. The molecule has 0 aromatic carbocycles. The molecule has 0 heterocycles. The van der Waals surface area contributed by atoms with Crippen LogP contribution in [0.4, 0.5) is 0 Å². The Hall–Kier alpha value is -0.380. The molecule has 3 nitrogen and oxygen atoms in total. The number of rotatable bonds is 5. The predicted molar refractivity (Wildman–Crippen MR) is 122 cm³/mol. The van der Waals surface area contributed by atoms with Crippen LogP contribution in [0, 0.1) is 46.3 Å². The summed E-state index contributed by atoms with van der Waals surface area (Å²) < 4.78 is 0. The molecule has 0 amide bonds. The van der Waals surface area contributed by atoms with Gasteiger partial charge in [-0.2, -0.15) is 0 Å². The van der Waals surface area contributed by atoms with E-state index >= 15 is 0 Å². The van der Waals surface area contributed by atoms with Gasteiger partial charge in [0, 0.05) is 12.3 Å². The Bertz CT molecular complexity index is 667. The molecule has 4 rings (SSSR count). The molecule has 0 aromatic heterocycles. The molecule has 0 bridgehead atoms. The minimum absolute atomic E-state index is 0.120. The maximum absolute atomic E-state index is 10.3. The largest absolute Gasteiger partial charge is 0.393 e. The van der Waals surface area contributed by atoms with E-state index in [-0.39, 0.29) is 12.0 Å². The molecule has 3 saturated carbocycles. The molecule has 4 aliphatic carbocycles. The molecule has 0 aliphatic heterocycles. The van der Waals surface area contributed by atoms with E-state index in [1.54, 1.807) is 5.57 Å². The van der Waals surface area contributed by atoms with Crippen molar-refractivity contribution in [3.05, 3.63) is 11.6 Å². The van der Waals surface area contributed by atoms with Gasteiger partial charge in [0.15, 0.2) is 5.79 Å². The van der Waals surface area contributed by atoms with Crippen LogP contribution in [0.3, 0.4) is 0 Å². The lowest BCUT2D eigenvalue weighted by Crippen LogP contribution is -2.50. The van der Waals surface area contributed by atoms with Crippen LogP contribution < -0.4 is 0 Å². The topological polar surface area (TPSA) is 60.7 Å². The Balaban J connectivity index is 1.49. The first-order chi connectivity index (χ1) is 14.0. The van der Waals surface area contributed by atoms with Crippen LogP contribution in [0.5, 0.6) is 0 Å². The van der Waals surface area contributed by atoms with Gasteiger partial charge in [-0.25, -0.2) is 0 Å². The first kappa shape index (κ1) is 22.8. The van der Waals surface area contributed by atoms with Gasteiger partial charge in [-0.05, 0) is 98.2 Å². The summed E-state index contributed by atoms with van der Waals surface area (Å²) in [6.45, 7) is 11.2. The van der Waals surface area contributed by atoms with Crippen LogP contribution >= 0.6 is 0 Å². The summed E-state index contributed by atoms with van der Waals surface area (Å²) >= 11 is 0. The highest BCUT2D eigenvalue weighted by Crippen LogP contribution is 2.67. The Morgan fingerprint density at radius 3 is 2.47 bits per heavy atom. The van der Waals surface area contributed by atoms with Gasteiger partial charge < -0.3 is 15.3 Å². The third kappa shape index (κ3) is 3.61. The molecule has 172 valence electrons. The molecule has 4 aliphatic rings. The SMILES string of the molecule is CC(CCC(O)(O)C(C)C)C1CCC2C3CC=C4CC(O)CCC4(C)C3CCC12C. The molecular formula is C27H46O3. The molecule has 30 heavy (non-hydrogen) atoms. The highest BCUT2D eigenvalue weighted by molar-refractivity contribution is 5.25. The molecule has 8 unspecified atom stereocenters. The summed E-state index contributed by atoms with van der Waals surface area (Å²) in [6.07, 6.45) is 13.4. The molecule has 0 radical (unpaired) electrons. The molecule has 8 atom stereocenters. The van der Waals surface area contributed by atoms with Crippen LogP contribution in [0.15, 0.2) is 11.6 Å². The van der Waals surface area contributed by atoms with E-state index in [4.69, 9.17) is 0 Å². The van der Waals surface area contributed by atoms with Crippen LogP contribution in [-0.4, -0.2) is 27.2 Å². The number of fused-ring (bicyclic) bond motifs is 5. The van der Waals surface area contributed by atoms with E-state index in [1.165, 1.54) is 32.1 Å². The fourth-order valence-electron chi connectivity index (χ4n) is 8.55. The quantitative estimate of drug-likeness (QED) is 0.398. The standard InChI is InChI=1S/C27H46O3/c1-17(2)27(29,30)15-10-18(3)22-8-9-23-21-7-6-19-16-20(28)11-13-25(19,4)24(21)12-14-26(22,23)5/h6,17-18,20-24,28-30H,7-16H2,1-5H3. The lowest BCUT2D eigenvalue weighted by atomic mass is 9.47. The van der Waals surface area contributed by atoms with Crippen molar-refractivity contribution in [2.24, 2.45) is 46.3 Å². The molecule has 0 saturated heterocycles. The first-order valence-electron chi connectivity index (χ1n) is 12.8. The minimum atomic E-state index is -1.53. The molecule has 3 heteroatoms. The van der Waals surface area contributed by atoms with Crippen molar-refractivity contribution < 1.29 is 15.3 Å². The van der Waals surface area contributed by atoms with E-state index in [9.17, 15) is 15.3 Å². The van der Waals surface area contributed by atoms with Gasteiger partial charge in [0.25, 0.3) is 0 Å². The minimum Gasteiger partial charge on any atom is -0.393 e. The van der Waals surface area contributed by atoms with E-state index in [2.05, 4.69) is 26.8 Å². The Morgan fingerprint density at radius 1 is 1.03 bits per heavy atom.